The summed E-state index contributed by atoms with van der Waals surface area (Å²) in [5.74, 6) is -0.392. The van der Waals surface area contributed by atoms with Gasteiger partial charge in [-0.25, -0.2) is 0 Å². The van der Waals surface area contributed by atoms with Crippen LogP contribution in [-0.2, 0) is 14.3 Å². The fourth-order valence-corrected chi connectivity index (χ4v) is 3.25. The molecular formula is C20H38O7. The van der Waals surface area contributed by atoms with Gasteiger partial charge in [-0.05, 0) is 6.42 Å². The molecule has 5 unspecified atom stereocenters. The lowest BCUT2D eigenvalue weighted by molar-refractivity contribution is -0.287. The van der Waals surface area contributed by atoms with Crippen LogP contribution < -0.4 is 0 Å². The predicted molar refractivity (Wildman–Crippen MR) is 101 cm³/mol. The van der Waals surface area contributed by atoms with Crippen molar-refractivity contribution in [2.45, 2.75) is 115 Å². The third-order valence-electron chi connectivity index (χ3n) is 5.08. The molecule has 1 fully saturated rings. The Morgan fingerprint density at radius 2 is 1.30 bits per heavy atom. The minimum atomic E-state index is -1.61. The molecule has 0 amide bonds. The topological polar surface area (TPSA) is 116 Å². The molecule has 160 valence electrons. The van der Waals surface area contributed by atoms with Crippen LogP contribution >= 0.6 is 0 Å². The first-order valence-electron chi connectivity index (χ1n) is 10.5. The first-order valence-corrected chi connectivity index (χ1v) is 10.5. The van der Waals surface area contributed by atoms with Crippen molar-refractivity contribution in [3.05, 3.63) is 0 Å². The molecule has 1 rings (SSSR count). The zero-order valence-electron chi connectivity index (χ0n) is 16.6. The second-order valence-corrected chi connectivity index (χ2v) is 7.51. The van der Waals surface area contributed by atoms with Crippen LogP contribution in [0.25, 0.3) is 0 Å². The quantitative estimate of drug-likeness (QED) is 0.265. The van der Waals surface area contributed by atoms with Gasteiger partial charge in [0.15, 0.2) is 6.29 Å². The van der Waals surface area contributed by atoms with Crippen molar-refractivity contribution in [1.29, 1.82) is 0 Å². The Balaban J connectivity index is 1.99. The Morgan fingerprint density at radius 3 is 1.85 bits per heavy atom. The number of aliphatic hydroxyl groups is 4. The minimum absolute atomic E-state index is 0.265. The highest BCUT2D eigenvalue weighted by atomic mass is 16.6. The second-order valence-electron chi connectivity index (χ2n) is 7.51. The molecule has 1 aliphatic rings. The number of rotatable bonds is 14. The maximum Gasteiger partial charge on any atom is 0.305 e. The third-order valence-corrected chi connectivity index (χ3v) is 5.08. The van der Waals surface area contributed by atoms with Gasteiger partial charge in [-0.15, -0.1) is 0 Å². The summed E-state index contributed by atoms with van der Waals surface area (Å²) in [6, 6.07) is 0. The molecule has 4 N–H and O–H groups in total. The summed E-state index contributed by atoms with van der Waals surface area (Å²) in [6.45, 7) is 1.96. The van der Waals surface area contributed by atoms with E-state index in [1.165, 1.54) is 51.4 Å². The third kappa shape index (κ3) is 9.85. The lowest BCUT2D eigenvalue weighted by Crippen LogP contribution is -2.58. The van der Waals surface area contributed by atoms with Crippen LogP contribution in [0, 0.1) is 0 Å². The van der Waals surface area contributed by atoms with Gasteiger partial charge in [0.05, 0.1) is 0 Å². The molecule has 0 bridgehead atoms. The van der Waals surface area contributed by atoms with Gasteiger partial charge in [-0.2, -0.15) is 0 Å². The first-order chi connectivity index (χ1) is 13.0. The second kappa shape index (κ2) is 14.3. The van der Waals surface area contributed by atoms with E-state index in [0.29, 0.717) is 6.42 Å². The van der Waals surface area contributed by atoms with Crippen LogP contribution in [-0.4, -0.2) is 63.7 Å². The molecule has 1 aliphatic heterocycles. The zero-order valence-corrected chi connectivity index (χ0v) is 16.6. The van der Waals surface area contributed by atoms with E-state index >= 15 is 0 Å². The van der Waals surface area contributed by atoms with Crippen LogP contribution in [0.1, 0.15) is 84.0 Å². The Bertz CT molecular complexity index is 391. The lowest BCUT2D eigenvalue weighted by Gasteiger charge is -2.37. The SMILES string of the molecule is CCCCCCCCCCCCCC(=O)OCC1OC(O)C(O)C(O)C1O. The minimum Gasteiger partial charge on any atom is -0.463 e. The molecule has 0 spiro atoms. The van der Waals surface area contributed by atoms with E-state index in [1.54, 1.807) is 0 Å². The van der Waals surface area contributed by atoms with E-state index in [9.17, 15) is 25.2 Å². The summed E-state index contributed by atoms with van der Waals surface area (Å²) in [7, 11) is 0. The number of ether oxygens (including phenoxy) is 2. The fraction of sp³-hybridized carbons (Fsp3) is 0.950. The molecule has 7 nitrogen and oxygen atoms in total. The van der Waals surface area contributed by atoms with Crippen molar-refractivity contribution in [3.63, 3.8) is 0 Å². The molecule has 0 aromatic carbocycles. The fourth-order valence-electron chi connectivity index (χ4n) is 3.25. The number of carbonyl (C=O) groups is 1. The highest BCUT2D eigenvalue weighted by molar-refractivity contribution is 5.69. The summed E-state index contributed by atoms with van der Waals surface area (Å²) in [6.07, 6.45) is 6.32. The van der Waals surface area contributed by atoms with Crippen LogP contribution in [0.15, 0.2) is 0 Å². The molecule has 1 saturated heterocycles. The summed E-state index contributed by atoms with van der Waals surface area (Å²) >= 11 is 0. The Hall–Kier alpha value is -0.730. The molecule has 27 heavy (non-hydrogen) atoms. The molecule has 1 heterocycles. The Labute approximate surface area is 162 Å². The van der Waals surface area contributed by atoms with Gasteiger partial charge in [0, 0.05) is 6.42 Å². The van der Waals surface area contributed by atoms with E-state index in [4.69, 9.17) is 9.47 Å². The van der Waals surface area contributed by atoms with Crippen LogP contribution in [0.5, 0.6) is 0 Å². The highest BCUT2D eigenvalue weighted by Crippen LogP contribution is 2.20. The molecule has 0 radical (unpaired) electrons. The molecule has 0 aromatic rings. The average Bonchev–Trinajstić information content (AvgIpc) is 2.66. The van der Waals surface area contributed by atoms with Crippen molar-refractivity contribution in [2.75, 3.05) is 6.61 Å². The highest BCUT2D eigenvalue weighted by Gasteiger charge is 2.43. The van der Waals surface area contributed by atoms with Gasteiger partial charge in [0.1, 0.15) is 31.0 Å². The molecule has 7 heteroatoms. The van der Waals surface area contributed by atoms with E-state index in [-0.39, 0.29) is 6.61 Å². The maximum absolute atomic E-state index is 11.7. The lowest BCUT2D eigenvalue weighted by atomic mass is 9.99. The summed E-state index contributed by atoms with van der Waals surface area (Å²) in [5, 5.41) is 38.2. The normalized spacial score (nSPS) is 28.3. The number of aliphatic hydroxyl groups excluding tert-OH is 4. The van der Waals surface area contributed by atoms with Gasteiger partial charge in [0.25, 0.3) is 0 Å². The Morgan fingerprint density at radius 1 is 0.778 bits per heavy atom. The number of hydrogen-bond donors (Lipinski definition) is 4. The van der Waals surface area contributed by atoms with Gasteiger partial charge in [-0.1, -0.05) is 71.1 Å². The maximum atomic E-state index is 11.7. The van der Waals surface area contributed by atoms with E-state index in [0.717, 1.165) is 19.3 Å². The number of carbonyl (C=O) groups excluding carboxylic acids is 1. The van der Waals surface area contributed by atoms with Gasteiger partial charge < -0.3 is 29.9 Å². The number of esters is 1. The molecule has 0 aromatic heterocycles. The van der Waals surface area contributed by atoms with Crippen molar-refractivity contribution < 1.29 is 34.7 Å². The van der Waals surface area contributed by atoms with Gasteiger partial charge >= 0.3 is 5.97 Å². The van der Waals surface area contributed by atoms with E-state index < -0.39 is 36.7 Å². The molecular weight excluding hydrogens is 352 g/mol. The largest absolute Gasteiger partial charge is 0.463 e. The average molecular weight is 391 g/mol. The summed E-state index contributed by atoms with van der Waals surface area (Å²) in [4.78, 5) is 11.7. The molecule has 0 aliphatic carbocycles. The molecule has 0 saturated carbocycles. The zero-order chi connectivity index (χ0) is 20.1. The Kier molecular flexibility index (Phi) is 12.9. The molecule has 5 atom stereocenters. The standard InChI is InChI=1S/C20H38O7/c1-2-3-4-5-6-7-8-9-10-11-12-13-16(21)26-14-15-17(22)18(23)19(24)20(25)27-15/h15,17-20,22-25H,2-14H2,1H3. The van der Waals surface area contributed by atoms with E-state index in [1.807, 2.05) is 0 Å². The van der Waals surface area contributed by atoms with Gasteiger partial charge in [0.2, 0.25) is 0 Å². The summed E-state index contributed by atoms with van der Waals surface area (Å²) in [5.41, 5.74) is 0. The van der Waals surface area contributed by atoms with Crippen molar-refractivity contribution in [1.82, 2.24) is 0 Å². The van der Waals surface area contributed by atoms with Gasteiger partial charge in [-0.3, -0.25) is 4.79 Å². The summed E-state index contributed by atoms with van der Waals surface area (Å²) < 4.78 is 10.0. The first kappa shape index (κ1) is 24.3. The number of hydrogen-bond acceptors (Lipinski definition) is 7. The van der Waals surface area contributed by atoms with Crippen LogP contribution in [0.4, 0.5) is 0 Å². The number of unbranched alkanes of at least 4 members (excludes halogenated alkanes) is 10. The monoisotopic (exact) mass is 390 g/mol. The van der Waals surface area contributed by atoms with Crippen molar-refractivity contribution in [2.24, 2.45) is 0 Å². The van der Waals surface area contributed by atoms with Crippen molar-refractivity contribution >= 4 is 5.97 Å². The van der Waals surface area contributed by atoms with Crippen molar-refractivity contribution in [3.8, 4) is 0 Å². The smallest absolute Gasteiger partial charge is 0.305 e. The van der Waals surface area contributed by atoms with Crippen LogP contribution in [0.3, 0.4) is 0 Å². The predicted octanol–water partition coefficient (Wildman–Crippen LogP) is 2.03. The van der Waals surface area contributed by atoms with E-state index in [2.05, 4.69) is 6.92 Å². The van der Waals surface area contributed by atoms with Crippen LogP contribution in [0.2, 0.25) is 0 Å².